The summed E-state index contributed by atoms with van der Waals surface area (Å²) in [5.74, 6) is 0.979. The zero-order valence-electron chi connectivity index (χ0n) is 10.4. The molecule has 3 fully saturated rings. The Morgan fingerprint density at radius 1 is 1.62 bits per heavy atom. The summed E-state index contributed by atoms with van der Waals surface area (Å²) in [6.07, 6.45) is 8.41. The summed E-state index contributed by atoms with van der Waals surface area (Å²) in [6, 6.07) is 1.68. The van der Waals surface area contributed by atoms with Crippen LogP contribution in [0.1, 0.15) is 26.2 Å². The maximum atomic E-state index is 3.76. The molecule has 0 amide bonds. The number of hydrogen-bond acceptors (Lipinski definition) is 2. The van der Waals surface area contributed by atoms with Crippen LogP contribution in [-0.4, -0.2) is 30.6 Å². The van der Waals surface area contributed by atoms with Crippen LogP contribution in [0.15, 0.2) is 24.4 Å². The van der Waals surface area contributed by atoms with Crippen LogP contribution < -0.4 is 5.32 Å². The highest BCUT2D eigenvalue weighted by Gasteiger charge is 2.72. The molecular formula is C14H22N2. The molecule has 1 N–H and O–H groups in total. The zero-order chi connectivity index (χ0) is 11.3. The average molecular weight is 218 g/mol. The third kappa shape index (κ3) is 1.22. The van der Waals surface area contributed by atoms with Gasteiger partial charge in [-0.3, -0.25) is 4.90 Å². The highest BCUT2D eigenvalue weighted by Crippen LogP contribution is 2.72. The van der Waals surface area contributed by atoms with Gasteiger partial charge in [-0.2, -0.15) is 0 Å². The number of rotatable bonds is 4. The first kappa shape index (κ1) is 10.4. The quantitative estimate of drug-likeness (QED) is 0.727. The van der Waals surface area contributed by atoms with Gasteiger partial charge in [-0.25, -0.2) is 0 Å². The van der Waals surface area contributed by atoms with E-state index in [2.05, 4.69) is 37.0 Å². The molecule has 1 spiro atoms. The number of likely N-dealkylation sites (N-methyl/N-ethyl adjacent to an activating group) is 1. The number of likely N-dealkylation sites (tertiary alicyclic amines) is 1. The van der Waals surface area contributed by atoms with Gasteiger partial charge >= 0.3 is 0 Å². The number of piperidine rings is 1. The molecule has 0 aromatic carbocycles. The van der Waals surface area contributed by atoms with Crippen molar-refractivity contribution in [1.82, 2.24) is 10.2 Å². The van der Waals surface area contributed by atoms with Crippen molar-refractivity contribution in [3.05, 3.63) is 24.4 Å². The van der Waals surface area contributed by atoms with Gasteiger partial charge in [-0.1, -0.05) is 12.7 Å². The predicted molar refractivity (Wildman–Crippen MR) is 67.1 cm³/mol. The number of allylic oxidation sites excluding steroid dienone is 2. The van der Waals surface area contributed by atoms with Gasteiger partial charge in [-0.05, 0) is 56.3 Å². The fraction of sp³-hybridized carbons (Fsp3) is 0.714. The van der Waals surface area contributed by atoms with Crippen molar-refractivity contribution in [2.45, 2.75) is 38.3 Å². The van der Waals surface area contributed by atoms with E-state index in [0.717, 1.165) is 30.0 Å². The van der Waals surface area contributed by atoms with Crippen molar-refractivity contribution in [3.63, 3.8) is 0 Å². The van der Waals surface area contributed by atoms with Crippen LogP contribution in [0, 0.1) is 11.3 Å². The van der Waals surface area contributed by atoms with E-state index in [1.165, 1.54) is 24.8 Å². The molecule has 1 aliphatic heterocycles. The Labute approximate surface area is 98.4 Å². The molecular weight excluding hydrogens is 196 g/mol. The number of nitrogens with zero attached hydrogens (tertiary/aromatic N) is 1. The normalized spacial score (nSPS) is 45.6. The van der Waals surface area contributed by atoms with Gasteiger partial charge in [0.1, 0.15) is 0 Å². The Bertz CT molecular complexity index is 347. The minimum Gasteiger partial charge on any atom is -0.389 e. The van der Waals surface area contributed by atoms with Crippen molar-refractivity contribution < 1.29 is 0 Å². The third-order valence-corrected chi connectivity index (χ3v) is 5.19. The van der Waals surface area contributed by atoms with Gasteiger partial charge in [-0.15, -0.1) is 0 Å². The van der Waals surface area contributed by atoms with Gasteiger partial charge in [0, 0.05) is 18.6 Å². The monoisotopic (exact) mass is 218 g/mol. The summed E-state index contributed by atoms with van der Waals surface area (Å²) in [6.45, 7) is 6.95. The minimum absolute atomic E-state index is 0.765. The number of nitrogens with one attached hydrogen (secondary N) is 1. The highest BCUT2D eigenvalue weighted by atomic mass is 15.3. The van der Waals surface area contributed by atoms with E-state index in [0.29, 0.717) is 0 Å². The molecule has 0 bridgehead atoms. The minimum atomic E-state index is 0.765. The van der Waals surface area contributed by atoms with Crippen LogP contribution in [-0.2, 0) is 0 Å². The van der Waals surface area contributed by atoms with Gasteiger partial charge in [0.05, 0.1) is 0 Å². The molecule has 16 heavy (non-hydrogen) atoms. The molecule has 3 rings (SSSR count). The summed E-state index contributed by atoms with van der Waals surface area (Å²) in [7, 11) is 2.31. The Balaban J connectivity index is 1.58. The van der Waals surface area contributed by atoms with Gasteiger partial charge in [0.25, 0.3) is 0 Å². The molecule has 2 nitrogen and oxygen atoms in total. The lowest BCUT2D eigenvalue weighted by atomic mass is 9.68. The molecule has 4 atom stereocenters. The van der Waals surface area contributed by atoms with E-state index in [1.54, 1.807) is 0 Å². The van der Waals surface area contributed by atoms with E-state index in [1.807, 2.05) is 6.08 Å². The van der Waals surface area contributed by atoms with E-state index < -0.39 is 0 Å². The van der Waals surface area contributed by atoms with Crippen LogP contribution in [0.4, 0.5) is 0 Å². The van der Waals surface area contributed by atoms with Crippen molar-refractivity contribution in [2.75, 3.05) is 13.6 Å². The molecule has 0 aromatic rings. The second-order valence-corrected chi connectivity index (χ2v) is 5.83. The summed E-state index contributed by atoms with van der Waals surface area (Å²) < 4.78 is 0. The molecule has 1 heterocycles. The van der Waals surface area contributed by atoms with E-state index in [9.17, 15) is 0 Å². The largest absolute Gasteiger partial charge is 0.389 e. The van der Waals surface area contributed by atoms with Crippen LogP contribution >= 0.6 is 0 Å². The van der Waals surface area contributed by atoms with E-state index >= 15 is 0 Å². The van der Waals surface area contributed by atoms with Crippen LogP contribution in [0.5, 0.6) is 0 Å². The van der Waals surface area contributed by atoms with Crippen molar-refractivity contribution >= 4 is 0 Å². The molecule has 2 heteroatoms. The maximum absolute atomic E-state index is 3.76. The number of hydrogen-bond donors (Lipinski definition) is 1. The molecule has 1 saturated heterocycles. The molecule has 2 aliphatic carbocycles. The van der Waals surface area contributed by atoms with Gasteiger partial charge < -0.3 is 5.32 Å². The molecule has 0 aromatic heterocycles. The third-order valence-electron chi connectivity index (χ3n) is 5.19. The van der Waals surface area contributed by atoms with Crippen LogP contribution in [0.3, 0.4) is 0 Å². The molecule has 4 unspecified atom stereocenters. The summed E-state index contributed by atoms with van der Waals surface area (Å²) in [5, 5.41) is 3.46. The standard InChI is InChI=1S/C14H22N2/c1-4-10(2)8-15-9-12-11-5-6-14(11)7-13(14)16(12)3/h4,8,11-13,15H,1,5-7,9H2,2-3H3/b10-8+. The first-order valence-corrected chi connectivity index (χ1v) is 6.43. The molecule has 0 radical (unpaired) electrons. The lowest BCUT2D eigenvalue weighted by molar-refractivity contribution is 0.125. The van der Waals surface area contributed by atoms with Gasteiger partial charge in [0.2, 0.25) is 0 Å². The Morgan fingerprint density at radius 3 is 3.00 bits per heavy atom. The summed E-state index contributed by atoms with van der Waals surface area (Å²) in [5.41, 5.74) is 1.99. The summed E-state index contributed by atoms with van der Waals surface area (Å²) >= 11 is 0. The molecule has 2 saturated carbocycles. The Hall–Kier alpha value is -0.760. The SMILES string of the molecule is C=C/C(C)=C/NCC1C2CCC23CC3N1C. The van der Waals surface area contributed by atoms with Gasteiger partial charge in [0.15, 0.2) is 0 Å². The van der Waals surface area contributed by atoms with E-state index in [-0.39, 0.29) is 0 Å². The van der Waals surface area contributed by atoms with Crippen LogP contribution in [0.2, 0.25) is 0 Å². The average Bonchev–Trinajstić information content (AvgIpc) is 2.98. The van der Waals surface area contributed by atoms with Crippen molar-refractivity contribution in [1.29, 1.82) is 0 Å². The van der Waals surface area contributed by atoms with Crippen molar-refractivity contribution in [3.8, 4) is 0 Å². The Morgan fingerprint density at radius 2 is 2.44 bits per heavy atom. The smallest absolute Gasteiger partial charge is 0.0302 e. The van der Waals surface area contributed by atoms with E-state index in [4.69, 9.17) is 0 Å². The second-order valence-electron chi connectivity index (χ2n) is 5.83. The van der Waals surface area contributed by atoms with Crippen molar-refractivity contribution in [2.24, 2.45) is 11.3 Å². The lowest BCUT2D eigenvalue weighted by Gasteiger charge is -2.39. The first-order chi connectivity index (χ1) is 7.69. The first-order valence-electron chi connectivity index (χ1n) is 6.43. The second kappa shape index (κ2) is 3.36. The lowest BCUT2D eigenvalue weighted by Crippen LogP contribution is -2.43. The topological polar surface area (TPSA) is 15.3 Å². The Kier molecular flexibility index (Phi) is 2.19. The maximum Gasteiger partial charge on any atom is 0.0302 e. The zero-order valence-corrected chi connectivity index (χ0v) is 10.4. The van der Waals surface area contributed by atoms with Crippen LogP contribution in [0.25, 0.3) is 0 Å². The molecule has 3 aliphatic rings. The summed E-state index contributed by atoms with van der Waals surface area (Å²) in [4.78, 5) is 2.63. The fourth-order valence-electron chi connectivity index (χ4n) is 3.98. The fourth-order valence-corrected chi connectivity index (χ4v) is 3.98. The molecule has 88 valence electrons. The highest BCUT2D eigenvalue weighted by molar-refractivity contribution is 5.25. The predicted octanol–water partition coefficient (Wildman–Crippen LogP) is 2.15.